The van der Waals surface area contributed by atoms with Crippen LogP contribution in [0.3, 0.4) is 0 Å². The van der Waals surface area contributed by atoms with Crippen LogP contribution in [0.25, 0.3) is 0 Å². The van der Waals surface area contributed by atoms with E-state index >= 15 is 4.39 Å². The number of hydrogen-bond acceptors (Lipinski definition) is 7. The van der Waals surface area contributed by atoms with Gasteiger partial charge in [0.2, 0.25) is 0 Å². The first kappa shape index (κ1) is 20.8. The van der Waals surface area contributed by atoms with Crippen molar-refractivity contribution in [2.24, 2.45) is 11.8 Å². The zero-order chi connectivity index (χ0) is 19.5. The van der Waals surface area contributed by atoms with Crippen molar-refractivity contribution >= 4 is 5.82 Å². The SMILES string of the molecule is CCC(C[C@H]1C[C@@H](n2ccc(N)nc2=O)[C@](C)(F)[C@@H]1C(CC)OO)OO. The van der Waals surface area contributed by atoms with E-state index in [2.05, 4.69) is 14.8 Å². The van der Waals surface area contributed by atoms with Gasteiger partial charge in [-0.25, -0.2) is 19.0 Å². The van der Waals surface area contributed by atoms with Crippen LogP contribution in [-0.4, -0.2) is 37.9 Å². The lowest BCUT2D eigenvalue weighted by molar-refractivity contribution is -0.305. The van der Waals surface area contributed by atoms with Gasteiger partial charge in [0.15, 0.2) is 0 Å². The summed E-state index contributed by atoms with van der Waals surface area (Å²) in [6, 6.07) is 0.657. The summed E-state index contributed by atoms with van der Waals surface area (Å²) >= 11 is 0. The van der Waals surface area contributed by atoms with E-state index in [4.69, 9.17) is 11.0 Å². The molecule has 1 fully saturated rings. The van der Waals surface area contributed by atoms with E-state index in [0.717, 1.165) is 0 Å². The Morgan fingerprint density at radius 1 is 1.42 bits per heavy atom. The van der Waals surface area contributed by atoms with Crippen molar-refractivity contribution in [2.45, 2.75) is 70.4 Å². The van der Waals surface area contributed by atoms with Crippen molar-refractivity contribution in [1.82, 2.24) is 9.55 Å². The lowest BCUT2D eigenvalue weighted by Crippen LogP contribution is -2.44. The second kappa shape index (κ2) is 8.43. The molecule has 1 saturated carbocycles. The number of nitrogens with two attached hydrogens (primary N) is 1. The van der Waals surface area contributed by atoms with Gasteiger partial charge < -0.3 is 5.73 Å². The van der Waals surface area contributed by atoms with E-state index in [0.29, 0.717) is 25.7 Å². The fourth-order valence-electron chi connectivity index (χ4n) is 4.32. The number of hydrogen-bond donors (Lipinski definition) is 3. The van der Waals surface area contributed by atoms with Crippen molar-refractivity contribution in [2.75, 3.05) is 5.73 Å². The highest BCUT2D eigenvalue weighted by atomic mass is 19.1. The number of nitrogen functional groups attached to an aromatic ring is 1. The van der Waals surface area contributed by atoms with E-state index in [-0.39, 0.29) is 11.7 Å². The standard InChI is InChI=1S/C17H28FN3O5/c1-4-11(25-23)8-10-9-13(21-7-6-14(19)20-16(21)22)17(3,18)15(10)12(5-2)26-24/h6-7,10-13,15,23-24H,4-5,8-9H2,1-3H3,(H2,19,20,22)/t10-,11?,12?,13+,15-,17-/m0/s1. The number of alkyl halides is 1. The first-order valence-electron chi connectivity index (χ1n) is 8.94. The van der Waals surface area contributed by atoms with Crippen molar-refractivity contribution in [3.8, 4) is 0 Å². The highest BCUT2D eigenvalue weighted by Crippen LogP contribution is 2.53. The summed E-state index contributed by atoms with van der Waals surface area (Å²) in [5.74, 6) is -0.882. The molecule has 6 atom stereocenters. The summed E-state index contributed by atoms with van der Waals surface area (Å²) in [4.78, 5) is 25.0. The predicted octanol–water partition coefficient (Wildman–Crippen LogP) is 2.66. The molecule has 2 unspecified atom stereocenters. The Hall–Kier alpha value is -1.55. The minimum absolute atomic E-state index is 0.0720. The molecule has 0 radical (unpaired) electrons. The van der Waals surface area contributed by atoms with Crippen molar-refractivity contribution in [1.29, 1.82) is 0 Å². The zero-order valence-corrected chi connectivity index (χ0v) is 15.3. The Balaban J connectivity index is 2.43. The van der Waals surface area contributed by atoms with Gasteiger partial charge in [-0.2, -0.15) is 4.98 Å². The maximum Gasteiger partial charge on any atom is 0.349 e. The van der Waals surface area contributed by atoms with Gasteiger partial charge in [-0.1, -0.05) is 13.8 Å². The fraction of sp³-hybridized carbons (Fsp3) is 0.765. The van der Waals surface area contributed by atoms with Gasteiger partial charge in [-0.3, -0.25) is 15.1 Å². The van der Waals surface area contributed by atoms with E-state index < -0.39 is 35.5 Å². The molecule has 8 nitrogen and oxygen atoms in total. The average Bonchev–Trinajstić information content (AvgIpc) is 2.85. The highest BCUT2D eigenvalue weighted by Gasteiger charge is 2.57. The zero-order valence-electron chi connectivity index (χ0n) is 15.3. The molecule has 0 amide bonds. The molecule has 148 valence electrons. The monoisotopic (exact) mass is 373 g/mol. The molecule has 0 bridgehead atoms. The Morgan fingerprint density at radius 2 is 2.12 bits per heavy atom. The smallest absolute Gasteiger partial charge is 0.349 e. The summed E-state index contributed by atoms with van der Waals surface area (Å²) < 4.78 is 17.2. The summed E-state index contributed by atoms with van der Waals surface area (Å²) in [6.07, 6.45) is 1.88. The molecule has 1 aromatic rings. The number of halogens is 1. The molecule has 0 aliphatic heterocycles. The van der Waals surface area contributed by atoms with E-state index in [9.17, 15) is 10.1 Å². The van der Waals surface area contributed by atoms with Gasteiger partial charge in [0, 0.05) is 12.1 Å². The van der Waals surface area contributed by atoms with Crippen LogP contribution in [-0.2, 0) is 9.78 Å². The van der Waals surface area contributed by atoms with Gasteiger partial charge in [0.25, 0.3) is 0 Å². The predicted molar refractivity (Wildman–Crippen MR) is 93.3 cm³/mol. The third-order valence-electron chi connectivity index (χ3n) is 5.63. The maximum atomic E-state index is 15.9. The number of anilines is 1. The minimum Gasteiger partial charge on any atom is -0.383 e. The molecule has 2 rings (SSSR count). The summed E-state index contributed by atoms with van der Waals surface area (Å²) in [5.41, 5.74) is 3.06. The van der Waals surface area contributed by atoms with Crippen LogP contribution in [0.2, 0.25) is 0 Å². The van der Waals surface area contributed by atoms with Crippen molar-refractivity contribution in [3.05, 3.63) is 22.7 Å². The molecule has 9 heteroatoms. The molecular formula is C17H28FN3O5. The third kappa shape index (κ3) is 3.90. The van der Waals surface area contributed by atoms with Gasteiger partial charge in [0.1, 0.15) is 11.5 Å². The molecule has 1 aliphatic carbocycles. The number of rotatable bonds is 8. The summed E-state index contributed by atoms with van der Waals surface area (Å²) in [7, 11) is 0. The molecule has 1 heterocycles. The van der Waals surface area contributed by atoms with Crippen LogP contribution in [0.5, 0.6) is 0 Å². The fourth-order valence-corrected chi connectivity index (χ4v) is 4.32. The molecule has 0 spiro atoms. The van der Waals surface area contributed by atoms with Crippen LogP contribution in [0.1, 0.15) is 52.5 Å². The van der Waals surface area contributed by atoms with Crippen LogP contribution in [0, 0.1) is 11.8 Å². The summed E-state index contributed by atoms with van der Waals surface area (Å²) in [6.45, 7) is 5.05. The third-order valence-corrected chi connectivity index (χ3v) is 5.63. The van der Waals surface area contributed by atoms with E-state index in [1.807, 2.05) is 6.92 Å². The Morgan fingerprint density at radius 3 is 2.62 bits per heavy atom. The van der Waals surface area contributed by atoms with Gasteiger partial charge >= 0.3 is 5.69 Å². The number of aromatic nitrogens is 2. The summed E-state index contributed by atoms with van der Waals surface area (Å²) in [5, 5.41) is 18.3. The Kier molecular flexibility index (Phi) is 6.73. The molecule has 0 saturated heterocycles. The first-order chi connectivity index (χ1) is 12.3. The molecule has 0 aromatic carbocycles. The van der Waals surface area contributed by atoms with Gasteiger partial charge in [0.05, 0.1) is 18.2 Å². The molecule has 1 aliphatic rings. The molecule has 26 heavy (non-hydrogen) atoms. The second-order valence-corrected chi connectivity index (χ2v) is 7.15. The molecule has 4 N–H and O–H groups in total. The van der Waals surface area contributed by atoms with Crippen LogP contribution < -0.4 is 11.4 Å². The number of nitrogens with zero attached hydrogens (tertiary/aromatic N) is 2. The first-order valence-corrected chi connectivity index (χ1v) is 8.94. The minimum atomic E-state index is -1.84. The lowest BCUT2D eigenvalue weighted by Gasteiger charge is -2.35. The van der Waals surface area contributed by atoms with E-state index in [1.165, 1.54) is 23.8 Å². The normalized spacial score (nSPS) is 31.1. The quantitative estimate of drug-likeness (QED) is 0.473. The largest absolute Gasteiger partial charge is 0.383 e. The maximum absolute atomic E-state index is 15.9. The average molecular weight is 373 g/mol. The van der Waals surface area contributed by atoms with Crippen molar-refractivity contribution < 1.29 is 24.7 Å². The highest BCUT2D eigenvalue weighted by molar-refractivity contribution is 5.24. The topological polar surface area (TPSA) is 120 Å². The van der Waals surface area contributed by atoms with E-state index in [1.54, 1.807) is 6.92 Å². The van der Waals surface area contributed by atoms with Crippen LogP contribution in [0.15, 0.2) is 17.1 Å². The Labute approximate surface area is 151 Å². The van der Waals surface area contributed by atoms with Crippen molar-refractivity contribution in [3.63, 3.8) is 0 Å². The van der Waals surface area contributed by atoms with Crippen LogP contribution in [0.4, 0.5) is 10.2 Å². The second-order valence-electron chi connectivity index (χ2n) is 7.15. The van der Waals surface area contributed by atoms with Gasteiger partial charge in [-0.05, 0) is 44.6 Å². The Bertz CT molecular complexity index is 646. The van der Waals surface area contributed by atoms with Gasteiger partial charge in [-0.15, -0.1) is 0 Å². The molecular weight excluding hydrogens is 345 g/mol. The van der Waals surface area contributed by atoms with Crippen LogP contribution >= 0.6 is 0 Å². The molecule has 1 aromatic heterocycles. The lowest BCUT2D eigenvalue weighted by atomic mass is 9.79.